The van der Waals surface area contributed by atoms with Crippen molar-refractivity contribution >= 4 is 11.7 Å². The summed E-state index contributed by atoms with van der Waals surface area (Å²) in [7, 11) is 1.77. The van der Waals surface area contributed by atoms with Gasteiger partial charge in [-0.2, -0.15) is 0 Å². The third-order valence-corrected chi connectivity index (χ3v) is 4.49. The Morgan fingerprint density at radius 1 is 1.48 bits per heavy atom. The Balaban J connectivity index is 1.59. The molecule has 0 aromatic carbocycles. The summed E-state index contributed by atoms with van der Waals surface area (Å²) in [5, 5.41) is 11.1. The summed E-state index contributed by atoms with van der Waals surface area (Å²) < 4.78 is 7.78. The summed E-state index contributed by atoms with van der Waals surface area (Å²) in [6, 6.07) is 3.60. The first-order valence-corrected chi connectivity index (χ1v) is 7.70. The molecule has 1 fully saturated rings. The van der Waals surface area contributed by atoms with Crippen molar-refractivity contribution in [3.8, 4) is 0 Å². The third kappa shape index (κ3) is 2.35. The molecule has 2 aromatic rings. The van der Waals surface area contributed by atoms with Gasteiger partial charge < -0.3 is 15.0 Å². The number of carbonyl (C=O) groups excluding carboxylic acids is 1. The van der Waals surface area contributed by atoms with Gasteiger partial charge in [-0.1, -0.05) is 5.21 Å². The number of piperidine rings is 1. The zero-order chi connectivity index (χ0) is 15.8. The summed E-state index contributed by atoms with van der Waals surface area (Å²) in [5.41, 5.74) is 1.54. The maximum atomic E-state index is 12.9. The molecule has 8 nitrogen and oxygen atoms in total. The van der Waals surface area contributed by atoms with E-state index in [0.29, 0.717) is 31.1 Å². The molecule has 0 aliphatic carbocycles. The number of amides is 1. The van der Waals surface area contributed by atoms with Crippen molar-refractivity contribution in [1.82, 2.24) is 24.9 Å². The lowest BCUT2D eigenvalue weighted by molar-refractivity contribution is -0.0605. The minimum absolute atomic E-state index is 0.0202. The van der Waals surface area contributed by atoms with Crippen molar-refractivity contribution < 1.29 is 9.53 Å². The van der Waals surface area contributed by atoms with Crippen LogP contribution >= 0.6 is 0 Å². The highest BCUT2D eigenvalue weighted by Gasteiger charge is 2.38. The number of fused-ring (bicyclic) bond motifs is 3. The van der Waals surface area contributed by atoms with Gasteiger partial charge in [-0.25, -0.2) is 9.67 Å². The van der Waals surface area contributed by atoms with Crippen LogP contribution in [0.25, 0.3) is 0 Å². The monoisotopic (exact) mass is 314 g/mol. The van der Waals surface area contributed by atoms with Gasteiger partial charge in [-0.15, -0.1) is 5.10 Å². The summed E-state index contributed by atoms with van der Waals surface area (Å²) >= 11 is 0. The van der Waals surface area contributed by atoms with Crippen LogP contribution in [-0.4, -0.2) is 57.0 Å². The number of rotatable bonds is 2. The van der Waals surface area contributed by atoms with Gasteiger partial charge in [0.2, 0.25) is 0 Å². The Morgan fingerprint density at radius 2 is 2.39 bits per heavy atom. The molecule has 2 aromatic heterocycles. The highest BCUT2D eigenvalue weighted by molar-refractivity contribution is 5.98. The number of likely N-dealkylation sites (tertiary alicyclic amines) is 1. The number of nitrogens with one attached hydrogen (secondary N) is 1. The van der Waals surface area contributed by atoms with Crippen LogP contribution in [0.5, 0.6) is 0 Å². The van der Waals surface area contributed by atoms with E-state index >= 15 is 0 Å². The molecule has 2 aliphatic rings. The smallest absolute Gasteiger partial charge is 0.257 e. The van der Waals surface area contributed by atoms with Gasteiger partial charge in [0.05, 0.1) is 36.2 Å². The fourth-order valence-electron chi connectivity index (χ4n) is 3.31. The van der Waals surface area contributed by atoms with Crippen LogP contribution in [0.3, 0.4) is 0 Å². The molecule has 0 spiro atoms. The summed E-state index contributed by atoms with van der Waals surface area (Å²) in [6.45, 7) is 1.77. The number of ether oxygens (including phenoxy) is 1. The van der Waals surface area contributed by atoms with Crippen LogP contribution in [0.4, 0.5) is 5.82 Å². The number of anilines is 1. The SMILES string of the molecule is CNc1ncccc1C(=O)N1CC[C@H]2OCc3cnnn3[C@@H]2C1. The lowest BCUT2D eigenvalue weighted by atomic mass is 9.99. The third-order valence-electron chi connectivity index (χ3n) is 4.49. The van der Waals surface area contributed by atoms with Crippen molar-refractivity contribution in [1.29, 1.82) is 0 Å². The fraction of sp³-hybridized carbons (Fsp3) is 0.467. The Bertz CT molecular complexity index is 730. The number of nitrogens with zero attached hydrogens (tertiary/aromatic N) is 5. The van der Waals surface area contributed by atoms with E-state index in [4.69, 9.17) is 4.74 Å². The Morgan fingerprint density at radius 3 is 3.26 bits per heavy atom. The second kappa shape index (κ2) is 5.62. The number of hydrogen-bond acceptors (Lipinski definition) is 6. The average molecular weight is 314 g/mol. The van der Waals surface area contributed by atoms with E-state index < -0.39 is 0 Å². The average Bonchev–Trinajstić information content (AvgIpc) is 3.09. The van der Waals surface area contributed by atoms with Crippen LogP contribution in [0.15, 0.2) is 24.5 Å². The van der Waals surface area contributed by atoms with Gasteiger partial charge in [-0.05, 0) is 18.6 Å². The van der Waals surface area contributed by atoms with E-state index in [9.17, 15) is 4.79 Å². The maximum absolute atomic E-state index is 12.9. The molecular weight excluding hydrogens is 296 g/mol. The van der Waals surface area contributed by atoms with Gasteiger partial charge in [0, 0.05) is 26.3 Å². The maximum Gasteiger partial charge on any atom is 0.257 e. The molecule has 0 bridgehead atoms. The molecular formula is C15H18N6O2. The van der Waals surface area contributed by atoms with Crippen molar-refractivity contribution in [2.75, 3.05) is 25.5 Å². The van der Waals surface area contributed by atoms with E-state index in [2.05, 4.69) is 20.6 Å². The van der Waals surface area contributed by atoms with Gasteiger partial charge in [-0.3, -0.25) is 4.79 Å². The van der Waals surface area contributed by atoms with Crippen molar-refractivity contribution in [2.24, 2.45) is 0 Å². The van der Waals surface area contributed by atoms with Crippen LogP contribution in [-0.2, 0) is 11.3 Å². The van der Waals surface area contributed by atoms with Crippen molar-refractivity contribution in [2.45, 2.75) is 25.2 Å². The van der Waals surface area contributed by atoms with Crippen molar-refractivity contribution in [3.05, 3.63) is 35.8 Å². The Labute approximate surface area is 133 Å². The molecule has 4 heterocycles. The predicted molar refractivity (Wildman–Crippen MR) is 81.9 cm³/mol. The molecule has 0 unspecified atom stereocenters. The summed E-state index contributed by atoms with van der Waals surface area (Å²) in [5.74, 6) is 0.578. The lowest BCUT2D eigenvalue weighted by Crippen LogP contribution is -2.50. The molecule has 1 N–H and O–H groups in total. The fourth-order valence-corrected chi connectivity index (χ4v) is 3.31. The van der Waals surface area contributed by atoms with Crippen LogP contribution in [0.1, 0.15) is 28.5 Å². The van der Waals surface area contributed by atoms with Gasteiger partial charge in [0.25, 0.3) is 5.91 Å². The van der Waals surface area contributed by atoms with E-state index in [1.54, 1.807) is 31.6 Å². The second-order valence-corrected chi connectivity index (χ2v) is 5.78. The van der Waals surface area contributed by atoms with Crippen LogP contribution < -0.4 is 5.32 Å². The minimum Gasteiger partial charge on any atom is -0.372 e. The molecule has 1 amide bonds. The lowest BCUT2D eigenvalue weighted by Gasteiger charge is -2.41. The molecule has 23 heavy (non-hydrogen) atoms. The van der Waals surface area contributed by atoms with E-state index in [0.717, 1.165) is 12.1 Å². The first-order chi connectivity index (χ1) is 11.3. The molecule has 4 rings (SSSR count). The zero-order valence-electron chi connectivity index (χ0n) is 12.8. The molecule has 0 saturated carbocycles. The number of carbonyl (C=O) groups is 1. The van der Waals surface area contributed by atoms with Gasteiger partial charge in [0.15, 0.2) is 0 Å². The molecule has 2 aliphatic heterocycles. The van der Waals surface area contributed by atoms with Gasteiger partial charge >= 0.3 is 0 Å². The van der Waals surface area contributed by atoms with Crippen LogP contribution in [0, 0.1) is 0 Å². The molecule has 0 radical (unpaired) electrons. The molecule has 120 valence electrons. The number of pyridine rings is 1. The predicted octanol–water partition coefficient (Wildman–Crippen LogP) is 0.701. The zero-order valence-corrected chi connectivity index (χ0v) is 12.8. The highest BCUT2D eigenvalue weighted by atomic mass is 16.5. The largest absolute Gasteiger partial charge is 0.372 e. The van der Waals surface area contributed by atoms with E-state index in [1.807, 2.05) is 9.58 Å². The second-order valence-electron chi connectivity index (χ2n) is 5.78. The van der Waals surface area contributed by atoms with Gasteiger partial charge in [0.1, 0.15) is 5.82 Å². The quantitative estimate of drug-likeness (QED) is 0.878. The van der Waals surface area contributed by atoms with Crippen LogP contribution in [0.2, 0.25) is 0 Å². The van der Waals surface area contributed by atoms with E-state index in [1.165, 1.54) is 0 Å². The van der Waals surface area contributed by atoms with E-state index in [-0.39, 0.29) is 18.1 Å². The minimum atomic E-state index is -0.0202. The standard InChI is InChI=1S/C15H18N6O2/c1-16-14-11(3-2-5-17-14)15(22)20-6-4-13-12(8-20)21-10(9-23-13)7-18-19-21/h2-3,5,7,12-13H,4,6,8-9H2,1H3,(H,16,17)/t12-,13-/m1/s1. The summed E-state index contributed by atoms with van der Waals surface area (Å²) in [6.07, 6.45) is 4.28. The first kappa shape index (κ1) is 14.1. The number of aromatic nitrogens is 4. The molecule has 2 atom stereocenters. The normalized spacial score (nSPS) is 23.1. The van der Waals surface area contributed by atoms with Crippen molar-refractivity contribution in [3.63, 3.8) is 0 Å². The number of hydrogen-bond donors (Lipinski definition) is 1. The Kier molecular flexibility index (Phi) is 3.45. The topological polar surface area (TPSA) is 85.2 Å². The molecule has 8 heteroatoms. The Hall–Kier alpha value is -2.48. The highest BCUT2D eigenvalue weighted by Crippen LogP contribution is 2.31. The molecule has 1 saturated heterocycles. The first-order valence-electron chi connectivity index (χ1n) is 7.70. The summed E-state index contributed by atoms with van der Waals surface area (Å²) in [4.78, 5) is 18.9.